The van der Waals surface area contributed by atoms with E-state index in [4.69, 9.17) is 9.47 Å². The normalized spacial score (nSPS) is 16.1. The number of aromatic nitrogens is 3. The Bertz CT molecular complexity index is 965. The molecule has 4 rings (SSSR count). The number of piperidine rings is 1. The lowest BCUT2D eigenvalue weighted by molar-refractivity contribution is -0.139. The van der Waals surface area contributed by atoms with Crippen molar-refractivity contribution in [2.24, 2.45) is 0 Å². The Labute approximate surface area is 170 Å². The molecule has 1 aliphatic rings. The van der Waals surface area contributed by atoms with Crippen molar-refractivity contribution < 1.29 is 14.3 Å². The maximum Gasteiger partial charge on any atom is 0.263 e. The average Bonchev–Trinajstić information content (AvgIpc) is 3.12. The highest BCUT2D eigenvalue weighted by atomic mass is 16.5. The summed E-state index contributed by atoms with van der Waals surface area (Å²) in [5, 5.41) is 0. The second-order valence-corrected chi connectivity index (χ2v) is 7.31. The largest absolute Gasteiger partial charge is 0.481 e. The number of rotatable bonds is 6. The van der Waals surface area contributed by atoms with Gasteiger partial charge in [-0.15, -0.1) is 0 Å². The molecule has 7 nitrogen and oxygen atoms in total. The van der Waals surface area contributed by atoms with E-state index in [1.807, 2.05) is 54.3 Å². The third-order valence-electron chi connectivity index (χ3n) is 5.34. The first kappa shape index (κ1) is 19.4. The minimum atomic E-state index is -0.506. The number of hydrogen-bond donors (Lipinski definition) is 0. The fourth-order valence-corrected chi connectivity index (χ4v) is 3.95. The predicted octanol–water partition coefficient (Wildman–Crippen LogP) is 3.21. The molecule has 0 saturated carbocycles. The van der Waals surface area contributed by atoms with Crippen LogP contribution < -0.4 is 4.74 Å². The van der Waals surface area contributed by atoms with Gasteiger partial charge in [-0.05, 0) is 44.0 Å². The SMILES string of the molecule is COCc1nc2cccnc2n1C1CCN(C(=O)[C@@H](C)Oc2ccccc2)CC1. The molecule has 1 aromatic carbocycles. The first-order valence-electron chi connectivity index (χ1n) is 9.98. The number of amides is 1. The number of benzene rings is 1. The maximum atomic E-state index is 12.8. The summed E-state index contributed by atoms with van der Waals surface area (Å²) in [5.41, 5.74) is 1.76. The van der Waals surface area contributed by atoms with E-state index >= 15 is 0 Å². The first-order chi connectivity index (χ1) is 14.2. The number of fused-ring (bicyclic) bond motifs is 1. The molecule has 3 aromatic rings. The van der Waals surface area contributed by atoms with Gasteiger partial charge in [0, 0.05) is 32.4 Å². The summed E-state index contributed by atoms with van der Waals surface area (Å²) >= 11 is 0. The molecule has 2 aromatic heterocycles. The van der Waals surface area contributed by atoms with Gasteiger partial charge in [0.1, 0.15) is 23.7 Å². The molecule has 1 aliphatic heterocycles. The standard InChI is InChI=1S/C22H26N4O3/c1-16(29-18-7-4-3-5-8-18)22(27)25-13-10-17(11-14-25)26-20(15-28-2)24-19-9-6-12-23-21(19)26/h3-9,12,16-17H,10-11,13-15H2,1-2H3/t16-/m1/s1. The summed E-state index contributed by atoms with van der Waals surface area (Å²) in [6, 6.07) is 13.6. The molecule has 0 bridgehead atoms. The summed E-state index contributed by atoms with van der Waals surface area (Å²) < 4.78 is 13.3. The molecule has 3 heterocycles. The van der Waals surface area contributed by atoms with Crippen molar-refractivity contribution in [2.75, 3.05) is 20.2 Å². The van der Waals surface area contributed by atoms with Crippen molar-refractivity contribution >= 4 is 17.1 Å². The molecular formula is C22H26N4O3. The number of imidazole rings is 1. The molecule has 152 valence electrons. The Morgan fingerprint density at radius 3 is 2.66 bits per heavy atom. The first-order valence-corrected chi connectivity index (χ1v) is 9.98. The Morgan fingerprint density at radius 1 is 1.17 bits per heavy atom. The molecule has 0 spiro atoms. The zero-order valence-corrected chi connectivity index (χ0v) is 16.8. The van der Waals surface area contributed by atoms with Crippen molar-refractivity contribution in [1.29, 1.82) is 0 Å². The Hall–Kier alpha value is -2.93. The fraction of sp³-hybridized carbons (Fsp3) is 0.409. The van der Waals surface area contributed by atoms with Crippen LogP contribution in [0.15, 0.2) is 48.7 Å². The van der Waals surface area contributed by atoms with Crippen molar-refractivity contribution in [3.05, 3.63) is 54.5 Å². The summed E-state index contributed by atoms with van der Waals surface area (Å²) in [5.74, 6) is 1.62. The summed E-state index contributed by atoms with van der Waals surface area (Å²) in [4.78, 5) is 23.9. The smallest absolute Gasteiger partial charge is 0.263 e. The quantitative estimate of drug-likeness (QED) is 0.642. The van der Waals surface area contributed by atoms with Crippen LogP contribution in [0.1, 0.15) is 31.6 Å². The number of likely N-dealkylation sites (tertiary alicyclic amines) is 1. The van der Waals surface area contributed by atoms with Crippen LogP contribution in [0.4, 0.5) is 0 Å². The van der Waals surface area contributed by atoms with Gasteiger partial charge in [0.05, 0.1) is 0 Å². The lowest BCUT2D eigenvalue weighted by Crippen LogP contribution is -2.45. The van der Waals surface area contributed by atoms with Gasteiger partial charge in [-0.2, -0.15) is 0 Å². The number of carbonyl (C=O) groups is 1. The van der Waals surface area contributed by atoms with Crippen molar-refractivity contribution in [1.82, 2.24) is 19.4 Å². The molecule has 7 heteroatoms. The van der Waals surface area contributed by atoms with Crippen LogP contribution in [0.2, 0.25) is 0 Å². The highest BCUT2D eigenvalue weighted by molar-refractivity contribution is 5.81. The molecular weight excluding hydrogens is 368 g/mol. The van der Waals surface area contributed by atoms with Crippen molar-refractivity contribution in [3.63, 3.8) is 0 Å². The Balaban J connectivity index is 1.44. The number of carbonyl (C=O) groups excluding carboxylic acids is 1. The second kappa shape index (κ2) is 8.61. The maximum absolute atomic E-state index is 12.8. The number of pyridine rings is 1. The van der Waals surface area contributed by atoms with E-state index < -0.39 is 6.10 Å². The minimum absolute atomic E-state index is 0.0260. The van der Waals surface area contributed by atoms with Crippen LogP contribution in [0.3, 0.4) is 0 Å². The van der Waals surface area contributed by atoms with Gasteiger partial charge >= 0.3 is 0 Å². The van der Waals surface area contributed by atoms with Crippen LogP contribution in [0, 0.1) is 0 Å². The topological polar surface area (TPSA) is 69.5 Å². The summed E-state index contributed by atoms with van der Waals surface area (Å²) in [6.07, 6.45) is 2.98. The lowest BCUT2D eigenvalue weighted by atomic mass is 10.0. The van der Waals surface area contributed by atoms with Crippen molar-refractivity contribution in [2.45, 2.75) is 38.5 Å². The van der Waals surface area contributed by atoms with E-state index in [0.29, 0.717) is 25.4 Å². The zero-order valence-electron chi connectivity index (χ0n) is 16.8. The Morgan fingerprint density at radius 2 is 1.93 bits per heavy atom. The monoisotopic (exact) mass is 394 g/mol. The summed E-state index contributed by atoms with van der Waals surface area (Å²) in [7, 11) is 1.67. The molecule has 29 heavy (non-hydrogen) atoms. The van der Waals surface area contributed by atoms with Crippen LogP contribution in [-0.2, 0) is 16.1 Å². The van der Waals surface area contributed by atoms with Gasteiger partial charge in [0.15, 0.2) is 11.8 Å². The molecule has 1 fully saturated rings. The van der Waals surface area contributed by atoms with Gasteiger partial charge in [-0.3, -0.25) is 4.79 Å². The van der Waals surface area contributed by atoms with E-state index in [-0.39, 0.29) is 11.9 Å². The molecule has 1 atom stereocenters. The van der Waals surface area contributed by atoms with Crippen molar-refractivity contribution in [3.8, 4) is 5.75 Å². The van der Waals surface area contributed by atoms with Crippen LogP contribution in [-0.4, -0.2) is 51.6 Å². The molecule has 1 amide bonds. The second-order valence-electron chi connectivity index (χ2n) is 7.31. The molecule has 0 N–H and O–H groups in total. The molecule has 0 aliphatic carbocycles. The Kier molecular flexibility index (Phi) is 5.76. The number of methoxy groups -OCH3 is 1. The minimum Gasteiger partial charge on any atom is -0.481 e. The number of ether oxygens (including phenoxy) is 2. The van der Waals surface area contributed by atoms with E-state index in [2.05, 4.69) is 14.5 Å². The van der Waals surface area contributed by atoms with Gasteiger partial charge < -0.3 is 18.9 Å². The van der Waals surface area contributed by atoms with E-state index in [1.54, 1.807) is 13.3 Å². The van der Waals surface area contributed by atoms with Gasteiger partial charge in [0.25, 0.3) is 5.91 Å². The zero-order chi connectivity index (χ0) is 20.2. The van der Waals surface area contributed by atoms with E-state index in [1.165, 1.54) is 0 Å². The van der Waals surface area contributed by atoms with E-state index in [0.717, 1.165) is 29.8 Å². The fourth-order valence-electron chi connectivity index (χ4n) is 3.95. The summed E-state index contributed by atoms with van der Waals surface area (Å²) in [6.45, 7) is 3.62. The lowest BCUT2D eigenvalue weighted by Gasteiger charge is -2.34. The highest BCUT2D eigenvalue weighted by Crippen LogP contribution is 2.28. The average molecular weight is 394 g/mol. The molecule has 0 radical (unpaired) electrons. The number of para-hydroxylation sites is 1. The van der Waals surface area contributed by atoms with Crippen LogP contribution in [0.5, 0.6) is 5.75 Å². The third kappa shape index (κ3) is 4.10. The van der Waals surface area contributed by atoms with E-state index in [9.17, 15) is 4.79 Å². The molecule has 1 saturated heterocycles. The highest BCUT2D eigenvalue weighted by Gasteiger charge is 2.29. The van der Waals surface area contributed by atoms with Gasteiger partial charge in [-0.25, -0.2) is 9.97 Å². The van der Waals surface area contributed by atoms with Crippen LogP contribution >= 0.6 is 0 Å². The number of hydrogen-bond acceptors (Lipinski definition) is 5. The molecule has 0 unspecified atom stereocenters. The van der Waals surface area contributed by atoms with Gasteiger partial charge in [0.2, 0.25) is 0 Å². The number of nitrogens with zero attached hydrogens (tertiary/aromatic N) is 4. The van der Waals surface area contributed by atoms with Crippen LogP contribution in [0.25, 0.3) is 11.2 Å². The third-order valence-corrected chi connectivity index (χ3v) is 5.34. The van der Waals surface area contributed by atoms with Gasteiger partial charge in [-0.1, -0.05) is 18.2 Å². The predicted molar refractivity (Wildman–Crippen MR) is 110 cm³/mol.